The highest BCUT2D eigenvalue weighted by molar-refractivity contribution is 7.99. The van der Waals surface area contributed by atoms with Crippen molar-refractivity contribution in [1.29, 1.82) is 0 Å². The van der Waals surface area contributed by atoms with Crippen LogP contribution in [-0.2, 0) is 11.3 Å². The van der Waals surface area contributed by atoms with Crippen molar-refractivity contribution < 1.29 is 14.1 Å². The molecule has 9 heteroatoms. The molecule has 0 saturated heterocycles. The Hall–Kier alpha value is -3.59. The van der Waals surface area contributed by atoms with Crippen LogP contribution in [0.4, 0.5) is 0 Å². The van der Waals surface area contributed by atoms with Gasteiger partial charge in [0.05, 0.1) is 25.1 Å². The fraction of sp³-hybridized carbons (Fsp3) is 0.217. The van der Waals surface area contributed by atoms with Gasteiger partial charge >= 0.3 is 0 Å². The number of ether oxygens (including phenoxy) is 1. The smallest absolute Gasteiger partial charge is 0.257 e. The Kier molecular flexibility index (Phi) is 6.55. The predicted octanol–water partition coefficient (Wildman–Crippen LogP) is 3.96. The van der Waals surface area contributed by atoms with Crippen molar-refractivity contribution in [3.05, 3.63) is 71.8 Å². The minimum atomic E-state index is -0.138. The number of carbonyl (C=O) groups excluding carboxylic acids is 1. The van der Waals surface area contributed by atoms with Crippen LogP contribution in [0, 0.1) is 13.8 Å². The average molecular weight is 450 g/mol. The average Bonchev–Trinajstić information content (AvgIpc) is 3.47. The minimum Gasteiger partial charge on any atom is -0.497 e. The Labute approximate surface area is 190 Å². The standard InChI is InChI=1S/C23H23N5O3S/c1-15-4-5-16(2)19(12-15)28-11-10-24-23(28)32-14-21(29)25-13-20-26-22(31-27-20)17-6-8-18(30-3)9-7-17/h4-12H,13-14H2,1-3H3,(H,25,29). The third kappa shape index (κ3) is 5.00. The molecule has 8 nitrogen and oxygen atoms in total. The van der Waals surface area contributed by atoms with Gasteiger partial charge in [-0.25, -0.2) is 4.98 Å². The van der Waals surface area contributed by atoms with Gasteiger partial charge in [-0.05, 0) is 55.3 Å². The molecular formula is C23H23N5O3S. The lowest BCUT2D eigenvalue weighted by atomic mass is 10.1. The van der Waals surface area contributed by atoms with Crippen molar-refractivity contribution in [1.82, 2.24) is 25.0 Å². The molecule has 0 aliphatic rings. The summed E-state index contributed by atoms with van der Waals surface area (Å²) in [6.45, 7) is 4.30. The van der Waals surface area contributed by atoms with E-state index in [0.717, 1.165) is 27.7 Å². The van der Waals surface area contributed by atoms with Crippen LogP contribution >= 0.6 is 11.8 Å². The molecule has 2 aromatic carbocycles. The highest BCUT2D eigenvalue weighted by Crippen LogP contribution is 2.24. The maximum Gasteiger partial charge on any atom is 0.257 e. The number of methoxy groups -OCH3 is 1. The SMILES string of the molecule is COc1ccc(-c2nc(CNC(=O)CSc3nccn3-c3cc(C)ccc3C)no2)cc1. The van der Waals surface area contributed by atoms with Crippen LogP contribution in [0.3, 0.4) is 0 Å². The summed E-state index contributed by atoms with van der Waals surface area (Å²) >= 11 is 1.38. The molecule has 0 radical (unpaired) electrons. The number of thioether (sulfide) groups is 1. The minimum absolute atomic E-state index is 0.138. The molecule has 1 amide bonds. The molecule has 32 heavy (non-hydrogen) atoms. The molecule has 2 aromatic heterocycles. The Bertz CT molecular complexity index is 1220. The normalized spacial score (nSPS) is 10.8. The first kappa shape index (κ1) is 21.6. The summed E-state index contributed by atoms with van der Waals surface area (Å²) in [6.07, 6.45) is 3.64. The van der Waals surface area contributed by atoms with Crippen LogP contribution in [0.25, 0.3) is 17.1 Å². The van der Waals surface area contributed by atoms with Gasteiger partial charge in [-0.1, -0.05) is 29.1 Å². The molecular weight excluding hydrogens is 426 g/mol. The molecule has 4 aromatic rings. The van der Waals surface area contributed by atoms with Crippen molar-refractivity contribution in [2.24, 2.45) is 0 Å². The van der Waals surface area contributed by atoms with E-state index in [0.29, 0.717) is 11.7 Å². The molecule has 2 heterocycles. The summed E-state index contributed by atoms with van der Waals surface area (Å²) in [4.78, 5) is 21.1. The van der Waals surface area contributed by atoms with Crippen molar-refractivity contribution in [2.75, 3.05) is 12.9 Å². The Balaban J connectivity index is 1.32. The molecule has 4 rings (SSSR count). The molecule has 0 spiro atoms. The summed E-state index contributed by atoms with van der Waals surface area (Å²) in [7, 11) is 1.61. The summed E-state index contributed by atoms with van der Waals surface area (Å²) in [5.41, 5.74) is 4.15. The second-order valence-electron chi connectivity index (χ2n) is 7.18. The molecule has 0 saturated carbocycles. The van der Waals surface area contributed by atoms with Gasteiger partial charge in [0, 0.05) is 18.0 Å². The van der Waals surface area contributed by atoms with Gasteiger partial charge in [0.25, 0.3) is 5.89 Å². The van der Waals surface area contributed by atoms with Gasteiger partial charge < -0.3 is 14.6 Å². The molecule has 0 aliphatic carbocycles. The van der Waals surface area contributed by atoms with Crippen molar-refractivity contribution in [2.45, 2.75) is 25.5 Å². The number of aryl methyl sites for hydroxylation is 2. The van der Waals surface area contributed by atoms with Gasteiger partial charge in [-0.15, -0.1) is 0 Å². The van der Waals surface area contributed by atoms with Gasteiger partial charge in [0.2, 0.25) is 5.91 Å². The number of rotatable bonds is 8. The summed E-state index contributed by atoms with van der Waals surface area (Å²) in [5, 5.41) is 7.52. The number of nitrogens with one attached hydrogen (secondary N) is 1. The lowest BCUT2D eigenvalue weighted by molar-refractivity contribution is -0.118. The number of hydrogen-bond donors (Lipinski definition) is 1. The van der Waals surface area contributed by atoms with Gasteiger partial charge in [-0.3, -0.25) is 9.36 Å². The topological polar surface area (TPSA) is 95.1 Å². The zero-order valence-corrected chi connectivity index (χ0v) is 18.8. The maximum atomic E-state index is 12.4. The fourth-order valence-corrected chi connectivity index (χ4v) is 3.89. The number of nitrogens with zero attached hydrogens (tertiary/aromatic N) is 4. The first-order valence-electron chi connectivity index (χ1n) is 10.0. The van der Waals surface area contributed by atoms with Crippen molar-refractivity contribution >= 4 is 17.7 Å². The van der Waals surface area contributed by atoms with Crippen molar-refractivity contribution in [3.63, 3.8) is 0 Å². The van der Waals surface area contributed by atoms with E-state index in [1.54, 1.807) is 13.3 Å². The lowest BCUT2D eigenvalue weighted by Crippen LogP contribution is -2.25. The fourth-order valence-electron chi connectivity index (χ4n) is 3.09. The second kappa shape index (κ2) is 9.69. The zero-order valence-electron chi connectivity index (χ0n) is 18.0. The highest BCUT2D eigenvalue weighted by atomic mass is 32.2. The number of benzene rings is 2. The molecule has 0 unspecified atom stereocenters. The number of carbonyl (C=O) groups is 1. The van der Waals surface area contributed by atoms with Gasteiger partial charge in [0.1, 0.15) is 5.75 Å². The summed E-state index contributed by atoms with van der Waals surface area (Å²) in [6, 6.07) is 13.6. The number of amides is 1. The Morgan fingerprint density at radius 2 is 2.00 bits per heavy atom. The second-order valence-corrected chi connectivity index (χ2v) is 8.12. The number of aromatic nitrogens is 4. The van der Waals surface area contributed by atoms with Crippen LogP contribution in [0.15, 0.2) is 64.5 Å². The first-order chi connectivity index (χ1) is 15.5. The van der Waals surface area contributed by atoms with E-state index in [1.807, 2.05) is 35.0 Å². The lowest BCUT2D eigenvalue weighted by Gasteiger charge is -2.11. The zero-order chi connectivity index (χ0) is 22.5. The van der Waals surface area contributed by atoms with E-state index >= 15 is 0 Å². The van der Waals surface area contributed by atoms with Crippen molar-refractivity contribution in [3.8, 4) is 22.9 Å². The third-order valence-corrected chi connectivity index (χ3v) is 5.78. The molecule has 0 fully saturated rings. The van der Waals surface area contributed by atoms with E-state index in [4.69, 9.17) is 9.26 Å². The maximum absolute atomic E-state index is 12.4. The monoisotopic (exact) mass is 449 g/mol. The Morgan fingerprint density at radius 1 is 1.19 bits per heavy atom. The summed E-state index contributed by atoms with van der Waals surface area (Å²) < 4.78 is 12.4. The Morgan fingerprint density at radius 3 is 2.78 bits per heavy atom. The van der Waals surface area contributed by atoms with Gasteiger partial charge in [-0.2, -0.15) is 4.98 Å². The molecule has 0 atom stereocenters. The van der Waals surface area contributed by atoms with Crippen LogP contribution < -0.4 is 10.1 Å². The van der Waals surface area contributed by atoms with E-state index < -0.39 is 0 Å². The van der Waals surface area contributed by atoms with Crippen LogP contribution in [-0.4, -0.2) is 38.5 Å². The van der Waals surface area contributed by atoms with Crippen LogP contribution in [0.2, 0.25) is 0 Å². The summed E-state index contributed by atoms with van der Waals surface area (Å²) in [5.74, 6) is 1.64. The van der Waals surface area contributed by atoms with E-state index in [-0.39, 0.29) is 18.2 Å². The third-order valence-electron chi connectivity index (χ3n) is 4.81. The number of hydrogen-bond acceptors (Lipinski definition) is 7. The van der Waals surface area contributed by atoms with Crippen LogP contribution in [0.5, 0.6) is 5.75 Å². The van der Waals surface area contributed by atoms with E-state index in [2.05, 4.69) is 52.5 Å². The predicted molar refractivity (Wildman–Crippen MR) is 122 cm³/mol. The molecule has 0 aliphatic heterocycles. The first-order valence-corrected chi connectivity index (χ1v) is 11.0. The van der Waals surface area contributed by atoms with Gasteiger partial charge in [0.15, 0.2) is 11.0 Å². The quantitative estimate of drug-likeness (QED) is 0.407. The van der Waals surface area contributed by atoms with Crippen LogP contribution in [0.1, 0.15) is 17.0 Å². The van der Waals surface area contributed by atoms with E-state index in [9.17, 15) is 4.79 Å². The highest BCUT2D eigenvalue weighted by Gasteiger charge is 2.13. The number of imidazole rings is 1. The molecule has 164 valence electrons. The largest absolute Gasteiger partial charge is 0.497 e. The van der Waals surface area contributed by atoms with E-state index in [1.165, 1.54) is 17.3 Å². The molecule has 0 bridgehead atoms. The molecule has 1 N–H and O–H groups in total.